The van der Waals surface area contributed by atoms with E-state index in [2.05, 4.69) is 10.6 Å². The second kappa shape index (κ2) is 8.87. The first-order valence-corrected chi connectivity index (χ1v) is 12.0. The van der Waals surface area contributed by atoms with E-state index in [9.17, 15) is 21.6 Å². The van der Waals surface area contributed by atoms with Crippen LogP contribution in [0.2, 0.25) is 0 Å². The molecule has 1 atom stereocenters. The van der Waals surface area contributed by atoms with E-state index in [0.717, 1.165) is 12.8 Å². The predicted octanol–water partition coefficient (Wildman–Crippen LogP) is 1.03. The van der Waals surface area contributed by atoms with E-state index < -0.39 is 19.9 Å². The SMILES string of the molecule is C#CCNS(=O)(=O)c1ccc(C(=O)N(CCCC)C2CCS(=O)(=O)C2)cc1. The Balaban J connectivity index is 2.21. The van der Waals surface area contributed by atoms with Crippen molar-refractivity contribution in [3.8, 4) is 12.3 Å². The van der Waals surface area contributed by atoms with E-state index in [0.29, 0.717) is 18.5 Å². The molecule has 1 aliphatic rings. The molecule has 2 rings (SSSR count). The Morgan fingerprint density at radius 3 is 2.52 bits per heavy atom. The fourth-order valence-corrected chi connectivity index (χ4v) is 5.63. The molecule has 1 aromatic rings. The quantitative estimate of drug-likeness (QED) is 0.643. The fourth-order valence-electron chi connectivity index (χ4n) is 2.96. The zero-order valence-electron chi connectivity index (χ0n) is 15.2. The zero-order valence-corrected chi connectivity index (χ0v) is 16.9. The second-order valence-electron chi connectivity index (χ2n) is 6.46. The molecule has 1 aliphatic heterocycles. The van der Waals surface area contributed by atoms with Crippen molar-refractivity contribution in [2.45, 2.75) is 37.1 Å². The first-order valence-electron chi connectivity index (χ1n) is 8.75. The Morgan fingerprint density at radius 1 is 1.33 bits per heavy atom. The van der Waals surface area contributed by atoms with Gasteiger partial charge in [-0.3, -0.25) is 4.79 Å². The second-order valence-corrected chi connectivity index (χ2v) is 10.5. The smallest absolute Gasteiger partial charge is 0.254 e. The number of carbonyl (C=O) groups excluding carboxylic acids is 1. The number of nitrogens with one attached hydrogen (secondary N) is 1. The van der Waals surface area contributed by atoms with Gasteiger partial charge in [-0.25, -0.2) is 16.8 Å². The maximum absolute atomic E-state index is 12.9. The lowest BCUT2D eigenvalue weighted by Crippen LogP contribution is -2.41. The van der Waals surface area contributed by atoms with Gasteiger partial charge in [-0.05, 0) is 37.1 Å². The van der Waals surface area contributed by atoms with E-state index in [1.165, 1.54) is 24.3 Å². The van der Waals surface area contributed by atoms with Gasteiger partial charge in [-0.1, -0.05) is 19.3 Å². The molecule has 0 aliphatic carbocycles. The largest absolute Gasteiger partial charge is 0.335 e. The lowest BCUT2D eigenvalue weighted by molar-refractivity contribution is 0.0694. The summed E-state index contributed by atoms with van der Waals surface area (Å²) in [6, 6.07) is 5.23. The highest BCUT2D eigenvalue weighted by atomic mass is 32.2. The van der Waals surface area contributed by atoms with E-state index in [4.69, 9.17) is 6.42 Å². The Morgan fingerprint density at radius 2 is 2.00 bits per heavy atom. The molecule has 1 amide bonds. The van der Waals surface area contributed by atoms with Crippen LogP contribution in [0.15, 0.2) is 29.2 Å². The summed E-state index contributed by atoms with van der Waals surface area (Å²) in [4.78, 5) is 14.5. The average molecular weight is 413 g/mol. The van der Waals surface area contributed by atoms with Gasteiger partial charge in [-0.15, -0.1) is 6.42 Å². The molecule has 0 spiro atoms. The number of carbonyl (C=O) groups is 1. The zero-order chi connectivity index (χ0) is 20.1. The molecule has 148 valence electrons. The van der Waals surface area contributed by atoms with Gasteiger partial charge in [0.25, 0.3) is 5.91 Å². The molecule has 0 aromatic heterocycles. The number of nitrogens with zero attached hydrogens (tertiary/aromatic N) is 1. The number of terminal acetylenes is 1. The molecule has 1 unspecified atom stereocenters. The van der Waals surface area contributed by atoms with Gasteiger partial charge in [-0.2, -0.15) is 4.72 Å². The van der Waals surface area contributed by atoms with E-state index in [1.807, 2.05) is 6.92 Å². The number of sulfone groups is 1. The third-order valence-corrected chi connectivity index (χ3v) is 7.61. The molecule has 1 saturated heterocycles. The molecular formula is C18H24N2O5S2. The number of amides is 1. The van der Waals surface area contributed by atoms with Gasteiger partial charge in [0.15, 0.2) is 9.84 Å². The number of sulfonamides is 1. The fraction of sp³-hybridized carbons (Fsp3) is 0.500. The number of unbranched alkanes of at least 4 members (excludes halogenated alkanes) is 1. The Hall–Kier alpha value is -1.89. The van der Waals surface area contributed by atoms with Crippen LogP contribution in [0.5, 0.6) is 0 Å². The summed E-state index contributed by atoms with van der Waals surface area (Å²) < 4.78 is 50.0. The van der Waals surface area contributed by atoms with Crippen molar-refractivity contribution in [2.24, 2.45) is 0 Å². The summed E-state index contributed by atoms with van der Waals surface area (Å²) in [6.07, 6.45) is 7.14. The predicted molar refractivity (Wildman–Crippen MR) is 103 cm³/mol. The van der Waals surface area contributed by atoms with Crippen molar-refractivity contribution in [3.63, 3.8) is 0 Å². The summed E-state index contributed by atoms with van der Waals surface area (Å²) in [5, 5.41) is 0. The van der Waals surface area contributed by atoms with Gasteiger partial charge in [0.05, 0.1) is 22.9 Å². The van der Waals surface area contributed by atoms with Crippen LogP contribution in [-0.2, 0) is 19.9 Å². The van der Waals surface area contributed by atoms with Crippen molar-refractivity contribution in [3.05, 3.63) is 29.8 Å². The Bertz CT molecular complexity index is 915. The van der Waals surface area contributed by atoms with Crippen LogP contribution in [0.3, 0.4) is 0 Å². The minimum absolute atomic E-state index is 0.0119. The molecule has 27 heavy (non-hydrogen) atoms. The normalized spacial score (nSPS) is 18.7. The third-order valence-electron chi connectivity index (χ3n) is 4.44. The summed E-state index contributed by atoms with van der Waals surface area (Å²) in [6.45, 7) is 2.35. The van der Waals surface area contributed by atoms with Gasteiger partial charge in [0.2, 0.25) is 10.0 Å². The van der Waals surface area contributed by atoms with Gasteiger partial charge >= 0.3 is 0 Å². The lowest BCUT2D eigenvalue weighted by Gasteiger charge is -2.28. The molecule has 0 bridgehead atoms. The monoisotopic (exact) mass is 412 g/mol. The summed E-state index contributed by atoms with van der Waals surface area (Å²) >= 11 is 0. The third kappa shape index (κ3) is 5.54. The van der Waals surface area contributed by atoms with Crippen molar-refractivity contribution in [1.82, 2.24) is 9.62 Å². The van der Waals surface area contributed by atoms with Crippen LogP contribution in [-0.4, -0.2) is 58.3 Å². The van der Waals surface area contributed by atoms with Gasteiger partial charge in [0.1, 0.15) is 0 Å². The maximum atomic E-state index is 12.9. The number of benzene rings is 1. The highest BCUT2D eigenvalue weighted by Gasteiger charge is 2.34. The van der Waals surface area contributed by atoms with Crippen LogP contribution >= 0.6 is 0 Å². The molecule has 1 heterocycles. The van der Waals surface area contributed by atoms with Gasteiger partial charge in [0, 0.05) is 18.2 Å². The topological polar surface area (TPSA) is 101 Å². The van der Waals surface area contributed by atoms with E-state index in [-0.39, 0.29) is 34.9 Å². The molecule has 9 heteroatoms. The molecule has 1 N–H and O–H groups in total. The molecule has 0 saturated carbocycles. The Labute approximate surface area is 161 Å². The maximum Gasteiger partial charge on any atom is 0.254 e. The lowest BCUT2D eigenvalue weighted by atomic mass is 10.1. The average Bonchev–Trinajstić information content (AvgIpc) is 3.00. The molecule has 1 fully saturated rings. The number of hydrogen-bond donors (Lipinski definition) is 1. The molecule has 0 radical (unpaired) electrons. The highest BCUT2D eigenvalue weighted by Crippen LogP contribution is 2.21. The van der Waals surface area contributed by atoms with Crippen molar-refractivity contribution in [1.29, 1.82) is 0 Å². The minimum atomic E-state index is -3.73. The van der Waals surface area contributed by atoms with Crippen LogP contribution in [0.4, 0.5) is 0 Å². The molecule has 1 aromatic carbocycles. The van der Waals surface area contributed by atoms with E-state index >= 15 is 0 Å². The van der Waals surface area contributed by atoms with Crippen LogP contribution in [0.1, 0.15) is 36.5 Å². The molecular weight excluding hydrogens is 388 g/mol. The summed E-state index contributed by atoms with van der Waals surface area (Å²) in [5.74, 6) is 1.98. The van der Waals surface area contributed by atoms with E-state index in [1.54, 1.807) is 4.90 Å². The standard InChI is InChI=1S/C18H24N2O5S2/c1-3-5-12-20(16-10-13-26(22,23)14-16)18(21)15-6-8-17(9-7-15)27(24,25)19-11-4-2/h2,6-9,16,19H,3,5,10-14H2,1H3. The minimum Gasteiger partial charge on any atom is -0.335 e. The van der Waals surface area contributed by atoms with Crippen LogP contribution in [0.25, 0.3) is 0 Å². The van der Waals surface area contributed by atoms with Crippen molar-refractivity contribution < 1.29 is 21.6 Å². The van der Waals surface area contributed by atoms with Crippen molar-refractivity contribution in [2.75, 3.05) is 24.6 Å². The number of rotatable bonds is 8. The Kier molecular flexibility index (Phi) is 7.03. The first kappa shape index (κ1) is 21.4. The van der Waals surface area contributed by atoms with Crippen LogP contribution in [0, 0.1) is 12.3 Å². The van der Waals surface area contributed by atoms with Crippen molar-refractivity contribution >= 4 is 25.8 Å². The number of hydrogen-bond acceptors (Lipinski definition) is 5. The van der Waals surface area contributed by atoms with Crippen LogP contribution < -0.4 is 4.72 Å². The summed E-state index contributed by atoms with van der Waals surface area (Å²) in [5.41, 5.74) is 0.325. The first-order chi connectivity index (χ1) is 12.7. The van der Waals surface area contributed by atoms with Gasteiger partial charge < -0.3 is 4.90 Å². The molecule has 7 nitrogen and oxygen atoms in total. The highest BCUT2D eigenvalue weighted by molar-refractivity contribution is 7.91. The summed E-state index contributed by atoms with van der Waals surface area (Å²) in [7, 11) is -6.84.